The molecule has 4 aliphatic carbocycles. The maximum absolute atomic E-state index is 11.2. The van der Waals surface area contributed by atoms with Gasteiger partial charge in [0.1, 0.15) is 0 Å². The highest BCUT2D eigenvalue weighted by atomic mass is 16.3. The first-order valence-electron chi connectivity index (χ1n) is 7.59. The van der Waals surface area contributed by atoms with Crippen LogP contribution in [0.25, 0.3) is 0 Å². The van der Waals surface area contributed by atoms with Crippen molar-refractivity contribution in [3.8, 4) is 0 Å². The van der Waals surface area contributed by atoms with Crippen molar-refractivity contribution < 1.29 is 5.11 Å². The smallest absolute Gasteiger partial charge is 0.0704 e. The highest BCUT2D eigenvalue weighted by Crippen LogP contribution is 2.59. The van der Waals surface area contributed by atoms with Crippen molar-refractivity contribution in [1.82, 2.24) is 0 Å². The fourth-order valence-electron chi connectivity index (χ4n) is 4.98. The zero-order valence-electron chi connectivity index (χ0n) is 11.7. The van der Waals surface area contributed by atoms with E-state index >= 15 is 0 Å². The second-order valence-corrected chi connectivity index (χ2v) is 8.36. The summed E-state index contributed by atoms with van der Waals surface area (Å²) in [5.41, 5.74) is 0.0745. The Hall–Kier alpha value is -0.0400. The van der Waals surface area contributed by atoms with Crippen molar-refractivity contribution in [3.63, 3.8) is 0 Å². The Bertz CT molecular complexity index is 271. The van der Waals surface area contributed by atoms with Crippen molar-refractivity contribution in [2.24, 2.45) is 29.1 Å². The van der Waals surface area contributed by atoms with Crippen molar-refractivity contribution in [2.75, 3.05) is 0 Å². The van der Waals surface area contributed by atoms with Gasteiger partial charge in [-0.2, -0.15) is 0 Å². The van der Waals surface area contributed by atoms with Gasteiger partial charge in [0, 0.05) is 0 Å². The molecule has 0 aromatic carbocycles. The lowest BCUT2D eigenvalue weighted by Crippen LogP contribution is -2.57. The Morgan fingerprint density at radius 1 is 0.941 bits per heavy atom. The predicted molar refractivity (Wildman–Crippen MR) is 70.7 cm³/mol. The highest BCUT2D eigenvalue weighted by Gasteiger charge is 2.56. The van der Waals surface area contributed by atoms with Crippen molar-refractivity contribution in [2.45, 2.75) is 71.3 Å². The zero-order chi connectivity index (χ0) is 12.3. The number of hydrogen-bond acceptors (Lipinski definition) is 1. The lowest BCUT2D eigenvalue weighted by Gasteiger charge is -2.59. The molecule has 4 fully saturated rings. The number of aliphatic hydroxyl groups is 1. The molecule has 0 spiro atoms. The van der Waals surface area contributed by atoms with E-state index in [0.717, 1.165) is 18.3 Å². The molecule has 1 heteroatoms. The van der Waals surface area contributed by atoms with Crippen LogP contribution < -0.4 is 0 Å². The van der Waals surface area contributed by atoms with Gasteiger partial charge in [-0.05, 0) is 74.0 Å². The van der Waals surface area contributed by atoms with E-state index < -0.39 is 0 Å². The van der Waals surface area contributed by atoms with Crippen LogP contribution in [0.1, 0.15) is 65.7 Å². The van der Waals surface area contributed by atoms with Crippen LogP contribution in [0.15, 0.2) is 0 Å². The molecule has 0 aromatic heterocycles. The van der Waals surface area contributed by atoms with E-state index in [-0.39, 0.29) is 5.60 Å². The Kier molecular flexibility index (Phi) is 2.63. The van der Waals surface area contributed by atoms with E-state index in [4.69, 9.17) is 0 Å². The van der Waals surface area contributed by atoms with Gasteiger partial charge in [-0.15, -0.1) is 0 Å². The zero-order valence-corrected chi connectivity index (χ0v) is 11.7. The lowest BCUT2D eigenvalue weighted by atomic mass is 9.49. The van der Waals surface area contributed by atoms with E-state index in [0.29, 0.717) is 17.3 Å². The van der Waals surface area contributed by atoms with Crippen molar-refractivity contribution in [1.29, 1.82) is 0 Å². The van der Waals surface area contributed by atoms with Crippen molar-refractivity contribution >= 4 is 0 Å². The third-order valence-corrected chi connectivity index (χ3v) is 5.83. The summed E-state index contributed by atoms with van der Waals surface area (Å²) in [6.45, 7) is 6.89. The first-order valence-corrected chi connectivity index (χ1v) is 7.59. The molecule has 98 valence electrons. The van der Waals surface area contributed by atoms with Crippen LogP contribution in [0.4, 0.5) is 0 Å². The molecule has 4 bridgehead atoms. The largest absolute Gasteiger partial charge is 0.389 e. The Morgan fingerprint density at radius 2 is 1.41 bits per heavy atom. The van der Waals surface area contributed by atoms with Crippen LogP contribution in [0.3, 0.4) is 0 Å². The molecule has 0 heterocycles. The lowest BCUT2D eigenvalue weighted by molar-refractivity contribution is -0.179. The minimum absolute atomic E-state index is 0.291. The topological polar surface area (TPSA) is 20.2 Å². The van der Waals surface area contributed by atoms with Crippen LogP contribution in [-0.4, -0.2) is 10.7 Å². The van der Waals surface area contributed by atoms with Gasteiger partial charge in [-0.1, -0.05) is 20.8 Å². The highest BCUT2D eigenvalue weighted by molar-refractivity contribution is 5.06. The van der Waals surface area contributed by atoms with E-state index in [1.54, 1.807) is 0 Å². The van der Waals surface area contributed by atoms with Crippen molar-refractivity contribution in [3.05, 3.63) is 0 Å². The Morgan fingerprint density at radius 3 is 1.82 bits per heavy atom. The van der Waals surface area contributed by atoms with Gasteiger partial charge < -0.3 is 5.11 Å². The monoisotopic (exact) mass is 236 g/mol. The summed E-state index contributed by atoms with van der Waals surface area (Å²) in [7, 11) is 0. The molecular formula is C16H28O. The molecule has 4 saturated carbocycles. The van der Waals surface area contributed by atoms with Crippen LogP contribution in [0.5, 0.6) is 0 Å². The van der Waals surface area contributed by atoms with Gasteiger partial charge in [0.15, 0.2) is 0 Å². The summed E-state index contributed by atoms with van der Waals surface area (Å²) in [4.78, 5) is 0. The van der Waals surface area contributed by atoms with Gasteiger partial charge in [-0.25, -0.2) is 0 Å². The molecule has 0 aliphatic heterocycles. The summed E-state index contributed by atoms with van der Waals surface area (Å²) in [5, 5.41) is 11.2. The minimum Gasteiger partial charge on any atom is -0.389 e. The average Bonchev–Trinajstić information content (AvgIpc) is 2.21. The maximum Gasteiger partial charge on any atom is 0.0704 e. The minimum atomic E-state index is -0.291. The van der Waals surface area contributed by atoms with E-state index in [1.165, 1.54) is 38.5 Å². The summed E-state index contributed by atoms with van der Waals surface area (Å²) in [5.74, 6) is 3.21. The molecule has 0 atom stereocenters. The van der Waals surface area contributed by atoms with Gasteiger partial charge in [0.2, 0.25) is 0 Å². The normalized spacial score (nSPS) is 48.7. The van der Waals surface area contributed by atoms with E-state index in [1.807, 2.05) is 0 Å². The van der Waals surface area contributed by atoms with Gasteiger partial charge >= 0.3 is 0 Å². The fourth-order valence-corrected chi connectivity index (χ4v) is 4.98. The van der Waals surface area contributed by atoms with Crippen LogP contribution >= 0.6 is 0 Å². The first-order chi connectivity index (χ1) is 7.87. The second-order valence-electron chi connectivity index (χ2n) is 8.36. The number of rotatable bonds is 2. The van der Waals surface area contributed by atoms with Crippen LogP contribution in [-0.2, 0) is 0 Å². The summed E-state index contributed by atoms with van der Waals surface area (Å²) in [6.07, 6.45) is 9.00. The third-order valence-electron chi connectivity index (χ3n) is 5.83. The molecule has 4 rings (SSSR count). The summed E-state index contributed by atoms with van der Waals surface area (Å²) < 4.78 is 0. The molecule has 1 nitrogen and oxygen atoms in total. The van der Waals surface area contributed by atoms with Gasteiger partial charge in [0.25, 0.3) is 0 Å². The SMILES string of the molecule is CC(C)(C)CCC1(O)C2CC3CC(C2)CC1C3. The van der Waals surface area contributed by atoms with Crippen LogP contribution in [0.2, 0.25) is 0 Å². The molecule has 0 aromatic rings. The predicted octanol–water partition coefficient (Wildman–Crippen LogP) is 4.00. The summed E-state index contributed by atoms with van der Waals surface area (Å²) >= 11 is 0. The average molecular weight is 236 g/mol. The quantitative estimate of drug-likeness (QED) is 0.768. The molecule has 0 unspecified atom stereocenters. The summed E-state index contributed by atoms with van der Waals surface area (Å²) in [6, 6.07) is 0. The molecule has 0 radical (unpaired) electrons. The molecule has 4 aliphatic rings. The van der Waals surface area contributed by atoms with Crippen LogP contribution in [0, 0.1) is 29.1 Å². The maximum atomic E-state index is 11.2. The standard InChI is InChI=1S/C16H28O/c1-15(2,3)4-5-16(17)13-7-11-6-12(9-13)10-14(16)8-11/h11-14,17H,4-10H2,1-3H3. The Labute approximate surface area is 106 Å². The first kappa shape index (κ1) is 12.0. The van der Waals surface area contributed by atoms with Gasteiger partial charge in [-0.3, -0.25) is 0 Å². The van der Waals surface area contributed by atoms with E-state index in [9.17, 15) is 5.11 Å². The van der Waals surface area contributed by atoms with Gasteiger partial charge in [0.05, 0.1) is 5.60 Å². The molecule has 1 N–H and O–H groups in total. The number of hydrogen-bond donors (Lipinski definition) is 1. The second kappa shape index (κ2) is 3.73. The molecule has 17 heavy (non-hydrogen) atoms. The molecule has 0 saturated heterocycles. The fraction of sp³-hybridized carbons (Fsp3) is 1.00. The molecule has 0 amide bonds. The third kappa shape index (κ3) is 2.05. The molecular weight excluding hydrogens is 208 g/mol. The Balaban J connectivity index is 1.73. The van der Waals surface area contributed by atoms with E-state index in [2.05, 4.69) is 20.8 Å².